The van der Waals surface area contributed by atoms with Crippen LogP contribution in [0.1, 0.15) is 13.8 Å². The molecule has 0 unspecified atom stereocenters. The number of hydrogen-bond acceptors (Lipinski definition) is 1. The second kappa shape index (κ2) is 9.29. The van der Waals surface area contributed by atoms with Crippen LogP contribution < -0.4 is 4.90 Å². The first-order valence-electron chi connectivity index (χ1n) is 8.62. The minimum atomic E-state index is 0.987. The van der Waals surface area contributed by atoms with Crippen LogP contribution in [-0.4, -0.2) is 0 Å². The van der Waals surface area contributed by atoms with Crippen molar-refractivity contribution >= 4 is 22.1 Å². The molecule has 0 saturated heterocycles. The van der Waals surface area contributed by atoms with Crippen molar-refractivity contribution in [2.24, 2.45) is 0 Å². The summed E-state index contributed by atoms with van der Waals surface area (Å²) < 4.78 is 0. The lowest BCUT2D eigenvalue weighted by molar-refractivity contribution is 1.21. The van der Waals surface area contributed by atoms with E-state index in [0.29, 0.717) is 0 Å². The van der Waals surface area contributed by atoms with Gasteiger partial charge in [-0.2, -0.15) is 0 Å². The fraction of sp³-hybridized carbons (Fsp3) is 0.0833. The molecule has 0 N–H and O–H groups in total. The molecule has 0 atom stereocenters. The molecule has 0 aliphatic heterocycles. The quantitative estimate of drug-likeness (QED) is 0.446. The van der Waals surface area contributed by atoms with Crippen molar-refractivity contribution in [3.05, 3.63) is 110 Å². The van der Waals surface area contributed by atoms with Gasteiger partial charge in [0.05, 0.1) is 0 Å². The summed E-state index contributed by atoms with van der Waals surface area (Å²) in [6.07, 6.45) is 5.60. The third-order valence-corrected chi connectivity index (χ3v) is 3.76. The molecule has 0 spiro atoms. The van der Waals surface area contributed by atoms with E-state index in [2.05, 4.69) is 72.7 Å². The van der Waals surface area contributed by atoms with E-state index in [9.17, 15) is 0 Å². The number of benzene rings is 3. The Morgan fingerprint density at radius 1 is 0.760 bits per heavy atom. The molecule has 0 radical (unpaired) electrons. The lowest BCUT2D eigenvalue weighted by atomic mass is 10.1. The Kier molecular flexibility index (Phi) is 6.79. The first kappa shape index (κ1) is 18.3. The molecule has 0 saturated carbocycles. The van der Waals surface area contributed by atoms with Gasteiger partial charge in [-0.15, -0.1) is 0 Å². The lowest BCUT2D eigenvalue weighted by Gasteiger charge is -2.26. The molecule has 0 aromatic heterocycles. The molecule has 0 amide bonds. The molecule has 126 valence electrons. The highest BCUT2D eigenvalue weighted by Gasteiger charge is 2.12. The number of allylic oxidation sites excluding steroid dienone is 3. The van der Waals surface area contributed by atoms with Crippen LogP contribution in [0.4, 0.5) is 11.4 Å². The molecule has 0 aliphatic rings. The minimum Gasteiger partial charge on any atom is -0.311 e. The summed E-state index contributed by atoms with van der Waals surface area (Å²) in [4.78, 5) is 2.18. The maximum Gasteiger partial charge on any atom is 0.0467 e. The summed E-state index contributed by atoms with van der Waals surface area (Å²) in [7, 11) is 0. The predicted octanol–water partition coefficient (Wildman–Crippen LogP) is 7.26. The Hall–Kier alpha value is -3.06. The van der Waals surface area contributed by atoms with Crippen molar-refractivity contribution in [3.63, 3.8) is 0 Å². The van der Waals surface area contributed by atoms with E-state index in [0.717, 1.165) is 17.1 Å². The molecule has 0 aliphatic carbocycles. The van der Waals surface area contributed by atoms with E-state index in [1.54, 1.807) is 6.08 Å². The van der Waals surface area contributed by atoms with Crippen molar-refractivity contribution in [3.8, 4) is 0 Å². The zero-order chi connectivity index (χ0) is 18.1. The van der Waals surface area contributed by atoms with Gasteiger partial charge in [0.25, 0.3) is 0 Å². The molecule has 25 heavy (non-hydrogen) atoms. The van der Waals surface area contributed by atoms with Gasteiger partial charge >= 0.3 is 0 Å². The highest BCUT2D eigenvalue weighted by molar-refractivity contribution is 5.87. The molecule has 1 nitrogen and oxygen atoms in total. The monoisotopic (exact) mass is 327 g/mol. The second-order valence-electron chi connectivity index (χ2n) is 5.23. The number of anilines is 2. The van der Waals surface area contributed by atoms with Crippen LogP contribution in [0, 0.1) is 0 Å². The van der Waals surface area contributed by atoms with Gasteiger partial charge in [-0.1, -0.05) is 81.6 Å². The van der Waals surface area contributed by atoms with Gasteiger partial charge in [-0.05, 0) is 47.2 Å². The summed E-state index contributed by atoms with van der Waals surface area (Å²) >= 11 is 0. The van der Waals surface area contributed by atoms with Gasteiger partial charge in [-0.25, -0.2) is 0 Å². The Balaban J connectivity index is 0.00000109. The number of fused-ring (bicyclic) bond motifs is 1. The molecule has 0 fully saturated rings. The maximum absolute atomic E-state index is 3.96. The summed E-state index contributed by atoms with van der Waals surface area (Å²) in [6, 6.07) is 25.1. The van der Waals surface area contributed by atoms with E-state index in [4.69, 9.17) is 0 Å². The highest BCUT2D eigenvalue weighted by atomic mass is 15.1. The summed E-state index contributed by atoms with van der Waals surface area (Å²) in [5.41, 5.74) is 3.18. The Morgan fingerprint density at radius 2 is 1.40 bits per heavy atom. The Labute approximate surface area is 151 Å². The number of nitrogens with zero attached hydrogens (tertiary/aromatic N) is 1. The van der Waals surface area contributed by atoms with E-state index in [-0.39, 0.29) is 0 Å². The summed E-state index contributed by atoms with van der Waals surface area (Å²) in [5, 5.41) is 2.45. The molecule has 3 aromatic carbocycles. The highest BCUT2D eigenvalue weighted by Crippen LogP contribution is 2.32. The molecule has 0 bridgehead atoms. The van der Waals surface area contributed by atoms with Gasteiger partial charge < -0.3 is 4.90 Å². The first-order valence-corrected chi connectivity index (χ1v) is 8.62. The minimum absolute atomic E-state index is 0.987. The van der Waals surface area contributed by atoms with Crippen LogP contribution >= 0.6 is 0 Å². The molecule has 3 rings (SSSR count). The Morgan fingerprint density at radius 3 is 2.04 bits per heavy atom. The molecular formula is C24H25N. The van der Waals surface area contributed by atoms with E-state index < -0.39 is 0 Å². The van der Waals surface area contributed by atoms with Gasteiger partial charge in [-0.3, -0.25) is 0 Å². The maximum atomic E-state index is 3.96. The first-order chi connectivity index (χ1) is 12.3. The van der Waals surface area contributed by atoms with E-state index >= 15 is 0 Å². The third kappa shape index (κ3) is 4.27. The van der Waals surface area contributed by atoms with Gasteiger partial charge in [0.1, 0.15) is 0 Å². The number of para-hydroxylation sites is 1. The molecular weight excluding hydrogens is 302 g/mol. The van der Waals surface area contributed by atoms with Crippen molar-refractivity contribution in [1.82, 2.24) is 0 Å². The molecule has 1 heteroatoms. The Bertz CT molecular complexity index is 859. The average molecular weight is 327 g/mol. The topological polar surface area (TPSA) is 3.24 Å². The van der Waals surface area contributed by atoms with Crippen LogP contribution in [0.3, 0.4) is 0 Å². The van der Waals surface area contributed by atoms with Crippen molar-refractivity contribution in [2.45, 2.75) is 13.8 Å². The molecule has 0 heterocycles. The summed E-state index contributed by atoms with van der Waals surface area (Å²) in [5.74, 6) is 0. The van der Waals surface area contributed by atoms with Gasteiger partial charge in [0, 0.05) is 17.1 Å². The molecule has 3 aromatic rings. The average Bonchev–Trinajstić information content (AvgIpc) is 2.70. The SMILES string of the molecule is C=C/C=C(\C=C)N(c1ccccc1)c1ccc2ccccc2c1.CC. The fourth-order valence-electron chi connectivity index (χ4n) is 2.69. The lowest BCUT2D eigenvalue weighted by Crippen LogP contribution is -2.14. The zero-order valence-electron chi connectivity index (χ0n) is 15.0. The number of hydrogen-bond donors (Lipinski definition) is 0. The van der Waals surface area contributed by atoms with E-state index in [1.165, 1.54) is 10.8 Å². The largest absolute Gasteiger partial charge is 0.311 e. The fourth-order valence-corrected chi connectivity index (χ4v) is 2.69. The van der Waals surface area contributed by atoms with Crippen LogP contribution in [0.5, 0.6) is 0 Å². The van der Waals surface area contributed by atoms with Crippen molar-refractivity contribution in [1.29, 1.82) is 0 Å². The standard InChI is InChI=1S/C22H19N.C2H6/c1-3-10-20(4-2)23(21-13-6-5-7-14-21)22-16-15-18-11-8-9-12-19(18)17-22;1-2/h3-17H,1-2H2;1-2H3/b20-10+;. The van der Waals surface area contributed by atoms with Crippen LogP contribution in [-0.2, 0) is 0 Å². The predicted molar refractivity (Wildman–Crippen MR) is 112 cm³/mol. The van der Waals surface area contributed by atoms with Gasteiger partial charge in [0.2, 0.25) is 0 Å². The van der Waals surface area contributed by atoms with Crippen LogP contribution in [0.25, 0.3) is 10.8 Å². The second-order valence-corrected chi connectivity index (χ2v) is 5.23. The third-order valence-electron chi connectivity index (χ3n) is 3.76. The zero-order valence-corrected chi connectivity index (χ0v) is 15.0. The number of rotatable bonds is 5. The van der Waals surface area contributed by atoms with Gasteiger partial charge in [0.15, 0.2) is 0 Å². The van der Waals surface area contributed by atoms with Crippen LogP contribution in [0.15, 0.2) is 110 Å². The van der Waals surface area contributed by atoms with Crippen molar-refractivity contribution in [2.75, 3.05) is 4.90 Å². The normalized spacial score (nSPS) is 10.6. The van der Waals surface area contributed by atoms with Crippen LogP contribution in [0.2, 0.25) is 0 Å². The van der Waals surface area contributed by atoms with Crippen molar-refractivity contribution < 1.29 is 0 Å². The smallest absolute Gasteiger partial charge is 0.0467 e. The summed E-state index contributed by atoms with van der Waals surface area (Å²) in [6.45, 7) is 11.8. The van der Waals surface area contributed by atoms with E-state index in [1.807, 2.05) is 44.2 Å².